The van der Waals surface area contributed by atoms with Crippen LogP contribution < -0.4 is 4.90 Å². The standard InChI is InChI=1S/C27H32N4O5S2/c1-17-9-11-20(12-10-17)23-13-21(26(37-23)27(33)34)31-22(19-7-5-4-6-8-19)14-30(16-25(31)32)38(35,36)24-15-29(3)18(2)28-24/h9-13,15,19,22H,4-8,14,16H2,1-3H3,(H,33,34). The molecule has 1 unspecified atom stereocenters. The van der Waals surface area contributed by atoms with E-state index < -0.39 is 27.9 Å². The maximum Gasteiger partial charge on any atom is 0.348 e. The van der Waals surface area contributed by atoms with Crippen LogP contribution in [0.2, 0.25) is 0 Å². The van der Waals surface area contributed by atoms with Gasteiger partial charge in [-0.1, -0.05) is 49.1 Å². The van der Waals surface area contributed by atoms with Gasteiger partial charge in [-0.2, -0.15) is 4.31 Å². The number of carboxylic acid groups (broad SMARTS) is 1. The predicted octanol–water partition coefficient (Wildman–Crippen LogP) is 4.45. The van der Waals surface area contributed by atoms with Crippen molar-refractivity contribution >= 4 is 38.9 Å². The molecule has 1 amide bonds. The van der Waals surface area contributed by atoms with Crippen molar-refractivity contribution in [3.05, 3.63) is 52.8 Å². The number of carboxylic acids is 1. The van der Waals surface area contributed by atoms with Crippen LogP contribution in [0.25, 0.3) is 10.4 Å². The summed E-state index contributed by atoms with van der Waals surface area (Å²) in [5.74, 6) is -0.887. The van der Waals surface area contributed by atoms with Crippen molar-refractivity contribution in [3.63, 3.8) is 0 Å². The summed E-state index contributed by atoms with van der Waals surface area (Å²) in [7, 11) is -2.27. The van der Waals surface area contributed by atoms with Gasteiger partial charge in [-0.15, -0.1) is 11.3 Å². The van der Waals surface area contributed by atoms with Crippen molar-refractivity contribution < 1.29 is 23.1 Å². The van der Waals surface area contributed by atoms with Gasteiger partial charge in [-0.05, 0) is 44.2 Å². The summed E-state index contributed by atoms with van der Waals surface area (Å²) < 4.78 is 30.0. The fourth-order valence-electron chi connectivity index (χ4n) is 5.50. The summed E-state index contributed by atoms with van der Waals surface area (Å²) in [6, 6.07) is 9.13. The second kappa shape index (κ2) is 10.3. The van der Waals surface area contributed by atoms with Crippen LogP contribution >= 0.6 is 11.3 Å². The van der Waals surface area contributed by atoms with Crippen LogP contribution in [0, 0.1) is 19.8 Å². The number of anilines is 1. The molecule has 5 rings (SSSR count). The Morgan fingerprint density at radius 2 is 1.79 bits per heavy atom. The monoisotopic (exact) mass is 556 g/mol. The highest BCUT2D eigenvalue weighted by Gasteiger charge is 2.44. The number of carbonyl (C=O) groups excluding carboxylic acids is 1. The van der Waals surface area contributed by atoms with Crippen molar-refractivity contribution in [3.8, 4) is 10.4 Å². The van der Waals surface area contributed by atoms with E-state index in [1.54, 1.807) is 29.5 Å². The zero-order valence-electron chi connectivity index (χ0n) is 21.8. The molecule has 0 spiro atoms. The molecule has 2 aliphatic rings. The number of aromatic carboxylic acids is 1. The second-order valence-corrected chi connectivity index (χ2v) is 13.2. The Labute approximate surface area is 226 Å². The van der Waals surface area contributed by atoms with Gasteiger partial charge in [-0.25, -0.2) is 18.2 Å². The number of benzene rings is 1. The molecular weight excluding hydrogens is 524 g/mol. The van der Waals surface area contributed by atoms with E-state index in [1.165, 1.54) is 10.5 Å². The smallest absolute Gasteiger partial charge is 0.348 e. The largest absolute Gasteiger partial charge is 0.477 e. The zero-order chi connectivity index (χ0) is 27.2. The van der Waals surface area contributed by atoms with Gasteiger partial charge < -0.3 is 14.6 Å². The highest BCUT2D eigenvalue weighted by atomic mass is 32.2. The molecule has 1 N–H and O–H groups in total. The summed E-state index contributed by atoms with van der Waals surface area (Å²) in [5, 5.41) is 10.0. The Kier molecular flexibility index (Phi) is 7.19. The maximum absolute atomic E-state index is 13.8. The van der Waals surface area contributed by atoms with Gasteiger partial charge in [0.15, 0.2) is 5.03 Å². The van der Waals surface area contributed by atoms with Crippen molar-refractivity contribution in [1.29, 1.82) is 0 Å². The molecule has 2 fully saturated rings. The first-order chi connectivity index (χ1) is 18.1. The number of amides is 1. The number of aryl methyl sites for hydroxylation is 3. The molecule has 0 bridgehead atoms. The summed E-state index contributed by atoms with van der Waals surface area (Å²) in [5.41, 5.74) is 2.32. The third-order valence-corrected chi connectivity index (χ3v) is 10.5. The number of imidazole rings is 1. The van der Waals surface area contributed by atoms with E-state index in [0.717, 1.165) is 59.4 Å². The van der Waals surface area contributed by atoms with Gasteiger partial charge in [0.25, 0.3) is 10.0 Å². The van der Waals surface area contributed by atoms with E-state index in [4.69, 9.17) is 0 Å². The van der Waals surface area contributed by atoms with Crippen LogP contribution in [0.3, 0.4) is 0 Å². The average Bonchev–Trinajstić information content (AvgIpc) is 3.48. The lowest BCUT2D eigenvalue weighted by atomic mass is 9.82. The van der Waals surface area contributed by atoms with Crippen LogP contribution in [-0.4, -0.2) is 58.4 Å². The lowest BCUT2D eigenvalue weighted by Gasteiger charge is -2.44. The van der Waals surface area contributed by atoms with E-state index in [1.807, 2.05) is 31.2 Å². The molecule has 1 aliphatic carbocycles. The van der Waals surface area contributed by atoms with Gasteiger partial charge in [0.2, 0.25) is 5.91 Å². The van der Waals surface area contributed by atoms with Crippen LogP contribution in [0.4, 0.5) is 5.69 Å². The number of piperazine rings is 1. The van der Waals surface area contributed by atoms with Crippen molar-refractivity contribution in [1.82, 2.24) is 13.9 Å². The Balaban J connectivity index is 1.56. The molecule has 1 aromatic carbocycles. The Bertz CT molecular complexity index is 1450. The fraction of sp³-hybridized carbons (Fsp3) is 0.444. The predicted molar refractivity (Wildman–Crippen MR) is 146 cm³/mol. The van der Waals surface area contributed by atoms with Gasteiger partial charge >= 0.3 is 5.97 Å². The highest BCUT2D eigenvalue weighted by molar-refractivity contribution is 7.89. The maximum atomic E-state index is 13.8. The summed E-state index contributed by atoms with van der Waals surface area (Å²) >= 11 is 1.14. The van der Waals surface area contributed by atoms with Gasteiger partial charge in [0.1, 0.15) is 10.7 Å². The molecule has 9 nitrogen and oxygen atoms in total. The first-order valence-electron chi connectivity index (χ1n) is 12.8. The van der Waals surface area contributed by atoms with Crippen LogP contribution in [0.5, 0.6) is 0 Å². The molecule has 1 saturated heterocycles. The minimum atomic E-state index is -4.00. The number of rotatable bonds is 6. The number of aromatic nitrogens is 2. The van der Waals surface area contributed by atoms with Crippen molar-refractivity contribution in [2.24, 2.45) is 13.0 Å². The summed E-state index contributed by atoms with van der Waals surface area (Å²) in [4.78, 5) is 32.8. The first-order valence-corrected chi connectivity index (χ1v) is 15.1. The number of thiophene rings is 1. The second-order valence-electron chi connectivity index (χ2n) is 10.3. The fourth-order valence-corrected chi connectivity index (χ4v) is 7.92. The summed E-state index contributed by atoms with van der Waals surface area (Å²) in [6.45, 7) is 3.45. The van der Waals surface area contributed by atoms with E-state index in [9.17, 15) is 23.1 Å². The number of nitrogens with zero attached hydrogens (tertiary/aromatic N) is 4. The van der Waals surface area contributed by atoms with E-state index in [2.05, 4.69) is 4.98 Å². The lowest BCUT2D eigenvalue weighted by molar-refractivity contribution is -0.121. The molecule has 202 valence electrons. The minimum absolute atomic E-state index is 0.0699. The molecule has 11 heteroatoms. The van der Waals surface area contributed by atoms with Crippen LogP contribution in [-0.2, 0) is 21.9 Å². The molecule has 1 atom stereocenters. The number of hydrogen-bond donors (Lipinski definition) is 1. The number of hydrogen-bond acceptors (Lipinski definition) is 6. The van der Waals surface area contributed by atoms with E-state index in [0.29, 0.717) is 11.5 Å². The van der Waals surface area contributed by atoms with E-state index >= 15 is 0 Å². The van der Waals surface area contributed by atoms with Crippen molar-refractivity contribution in [2.45, 2.75) is 57.0 Å². The number of sulfonamides is 1. The van der Waals surface area contributed by atoms with Crippen molar-refractivity contribution in [2.75, 3.05) is 18.0 Å². The average molecular weight is 557 g/mol. The van der Waals surface area contributed by atoms with Gasteiger partial charge in [0.05, 0.1) is 18.3 Å². The van der Waals surface area contributed by atoms with E-state index in [-0.39, 0.29) is 28.9 Å². The highest BCUT2D eigenvalue weighted by Crippen LogP contribution is 2.42. The zero-order valence-corrected chi connectivity index (χ0v) is 23.4. The third kappa shape index (κ3) is 4.90. The van der Waals surface area contributed by atoms with Crippen LogP contribution in [0.1, 0.15) is 53.2 Å². The molecule has 3 aromatic rings. The molecule has 0 radical (unpaired) electrons. The molecule has 2 aromatic heterocycles. The van der Waals surface area contributed by atoms with Crippen LogP contribution in [0.15, 0.2) is 41.6 Å². The molecule has 1 saturated carbocycles. The molecule has 3 heterocycles. The SMILES string of the molecule is Cc1ccc(-c2cc(N3C(=O)CN(S(=O)(=O)c4cn(C)c(C)n4)CC3C3CCCCC3)c(C(=O)O)s2)cc1. The van der Waals surface area contributed by atoms with Gasteiger partial charge in [-0.3, -0.25) is 4.79 Å². The number of carbonyl (C=O) groups is 2. The normalized spacial score (nSPS) is 19.7. The Morgan fingerprint density at radius 3 is 2.39 bits per heavy atom. The topological polar surface area (TPSA) is 113 Å². The van der Waals surface area contributed by atoms with Gasteiger partial charge in [0, 0.05) is 24.7 Å². The molecular formula is C27H32N4O5S2. The lowest BCUT2D eigenvalue weighted by Crippen LogP contribution is -2.60. The minimum Gasteiger partial charge on any atom is -0.477 e. The molecule has 1 aliphatic heterocycles. The third-order valence-electron chi connectivity index (χ3n) is 7.69. The first kappa shape index (κ1) is 26.6. The Hall–Kier alpha value is -3.02. The Morgan fingerprint density at radius 1 is 1.11 bits per heavy atom. The molecule has 38 heavy (non-hydrogen) atoms. The quantitative estimate of drug-likeness (QED) is 0.480. The summed E-state index contributed by atoms with van der Waals surface area (Å²) in [6.07, 6.45) is 6.29.